The molecule has 2 aromatic rings. The molecule has 1 nitrogen and oxygen atoms in total. The van der Waals surface area contributed by atoms with Crippen LogP contribution in [-0.2, 0) is 12.4 Å². The number of methoxy groups -OCH3 is 1. The van der Waals surface area contributed by atoms with Crippen LogP contribution in [0, 0.1) is 0 Å². The zero-order valence-corrected chi connectivity index (χ0v) is 12.3. The van der Waals surface area contributed by atoms with E-state index in [-0.39, 0.29) is 11.1 Å². The van der Waals surface area contributed by atoms with Crippen LogP contribution in [-0.4, -0.2) is 7.11 Å². The second-order valence-corrected chi connectivity index (χ2v) is 4.93. The van der Waals surface area contributed by atoms with Gasteiger partial charge in [0, 0.05) is 5.56 Å². The molecule has 124 valence electrons. The number of ether oxygens (including phenoxy) is 1. The van der Waals surface area contributed by atoms with E-state index in [4.69, 9.17) is 16.3 Å². The van der Waals surface area contributed by atoms with E-state index >= 15 is 0 Å². The van der Waals surface area contributed by atoms with Crippen molar-refractivity contribution in [1.82, 2.24) is 0 Å². The summed E-state index contributed by atoms with van der Waals surface area (Å²) in [5, 5.41) is -1.43. The summed E-state index contributed by atoms with van der Waals surface area (Å²) >= 11 is 5.40. The SMILES string of the molecule is COc1c(-c2ccccc2)cc(C(F)(F)F)c(Cl)c1C(F)(F)F. The summed E-state index contributed by atoms with van der Waals surface area (Å²) < 4.78 is 83.6. The first-order chi connectivity index (χ1) is 10.6. The van der Waals surface area contributed by atoms with Gasteiger partial charge in [-0.25, -0.2) is 0 Å². The molecule has 0 spiro atoms. The first kappa shape index (κ1) is 17.5. The van der Waals surface area contributed by atoms with Gasteiger partial charge in [0.25, 0.3) is 0 Å². The highest BCUT2D eigenvalue weighted by Gasteiger charge is 2.44. The Hall–Kier alpha value is -1.89. The third kappa shape index (κ3) is 3.39. The summed E-state index contributed by atoms with van der Waals surface area (Å²) in [6, 6.07) is 7.89. The Labute approximate surface area is 132 Å². The lowest BCUT2D eigenvalue weighted by atomic mass is 9.97. The number of rotatable bonds is 2. The lowest BCUT2D eigenvalue weighted by Gasteiger charge is -2.21. The molecule has 0 radical (unpaired) electrons. The van der Waals surface area contributed by atoms with Crippen molar-refractivity contribution in [3.8, 4) is 16.9 Å². The summed E-state index contributed by atoms with van der Waals surface area (Å²) in [6.45, 7) is 0. The number of alkyl halides is 6. The van der Waals surface area contributed by atoms with Crippen molar-refractivity contribution < 1.29 is 31.1 Å². The Morgan fingerprint density at radius 1 is 0.913 bits per heavy atom. The van der Waals surface area contributed by atoms with E-state index in [1.807, 2.05) is 0 Å². The maximum Gasteiger partial charge on any atom is 0.421 e. The Bertz CT molecular complexity index is 707. The van der Waals surface area contributed by atoms with Crippen molar-refractivity contribution in [1.29, 1.82) is 0 Å². The second kappa shape index (κ2) is 5.96. The smallest absolute Gasteiger partial charge is 0.421 e. The molecular formula is C15H9ClF6O. The molecule has 0 aliphatic heterocycles. The van der Waals surface area contributed by atoms with Crippen LogP contribution in [0.5, 0.6) is 5.75 Å². The molecule has 0 fully saturated rings. The highest BCUT2D eigenvalue weighted by molar-refractivity contribution is 6.32. The number of benzene rings is 2. The summed E-state index contributed by atoms with van der Waals surface area (Å²) in [7, 11) is 0.945. The van der Waals surface area contributed by atoms with Crippen molar-refractivity contribution in [2.45, 2.75) is 12.4 Å². The number of hydrogen-bond acceptors (Lipinski definition) is 1. The van der Waals surface area contributed by atoms with Crippen LogP contribution in [0.15, 0.2) is 36.4 Å². The summed E-state index contributed by atoms with van der Waals surface area (Å²) in [6.07, 6.45) is -10.1. The van der Waals surface area contributed by atoms with Crippen molar-refractivity contribution in [3.63, 3.8) is 0 Å². The normalized spacial score (nSPS) is 12.3. The van der Waals surface area contributed by atoms with Gasteiger partial charge in [0.05, 0.1) is 17.7 Å². The van der Waals surface area contributed by atoms with E-state index in [1.54, 1.807) is 6.07 Å². The molecule has 2 aromatic carbocycles. The lowest BCUT2D eigenvalue weighted by molar-refractivity contribution is -0.143. The van der Waals surface area contributed by atoms with Crippen LogP contribution in [0.3, 0.4) is 0 Å². The molecule has 0 atom stereocenters. The Morgan fingerprint density at radius 3 is 1.91 bits per heavy atom. The van der Waals surface area contributed by atoms with Gasteiger partial charge in [-0.15, -0.1) is 0 Å². The van der Waals surface area contributed by atoms with Crippen LogP contribution in [0.2, 0.25) is 5.02 Å². The molecule has 0 bridgehead atoms. The Balaban J connectivity index is 2.92. The van der Waals surface area contributed by atoms with Crippen LogP contribution in [0.25, 0.3) is 11.1 Å². The minimum Gasteiger partial charge on any atom is -0.495 e. The number of halogens is 7. The van der Waals surface area contributed by atoms with E-state index in [1.165, 1.54) is 24.3 Å². The van der Waals surface area contributed by atoms with Gasteiger partial charge in [-0.1, -0.05) is 41.9 Å². The number of hydrogen-bond donors (Lipinski definition) is 0. The highest BCUT2D eigenvalue weighted by Crippen LogP contribution is 2.50. The summed E-state index contributed by atoms with van der Waals surface area (Å²) in [5.74, 6) is -0.748. The zero-order chi connectivity index (χ0) is 17.4. The van der Waals surface area contributed by atoms with Crippen molar-refractivity contribution >= 4 is 11.6 Å². The molecule has 0 unspecified atom stereocenters. The minimum atomic E-state index is -5.10. The van der Waals surface area contributed by atoms with E-state index in [9.17, 15) is 26.3 Å². The molecule has 23 heavy (non-hydrogen) atoms. The molecule has 0 saturated heterocycles. The largest absolute Gasteiger partial charge is 0.495 e. The van der Waals surface area contributed by atoms with Crippen molar-refractivity contribution in [3.05, 3.63) is 52.5 Å². The van der Waals surface area contributed by atoms with Gasteiger partial charge in [0.15, 0.2) is 0 Å². The molecule has 2 rings (SSSR count). The predicted octanol–water partition coefficient (Wildman–Crippen LogP) is 6.05. The van der Waals surface area contributed by atoms with Gasteiger partial charge in [0.1, 0.15) is 11.3 Å². The third-order valence-corrected chi connectivity index (χ3v) is 3.49. The lowest BCUT2D eigenvalue weighted by Crippen LogP contribution is -2.15. The van der Waals surface area contributed by atoms with Gasteiger partial charge < -0.3 is 4.74 Å². The molecule has 0 amide bonds. The standard InChI is InChI=1S/C15H9ClF6O/c1-23-13-9(8-5-3-2-4-6-8)7-10(14(17,18)19)12(16)11(13)15(20,21)22/h2-7H,1H3. The Morgan fingerprint density at radius 2 is 1.48 bits per heavy atom. The van der Waals surface area contributed by atoms with Crippen LogP contribution in [0.1, 0.15) is 11.1 Å². The fourth-order valence-electron chi connectivity index (χ4n) is 2.15. The predicted molar refractivity (Wildman–Crippen MR) is 73.4 cm³/mol. The monoisotopic (exact) mass is 354 g/mol. The molecule has 8 heteroatoms. The van der Waals surface area contributed by atoms with Gasteiger partial charge in [0.2, 0.25) is 0 Å². The molecule has 0 aromatic heterocycles. The van der Waals surface area contributed by atoms with Crippen molar-refractivity contribution in [2.75, 3.05) is 7.11 Å². The minimum absolute atomic E-state index is 0.150. The van der Waals surface area contributed by atoms with Gasteiger partial charge >= 0.3 is 12.4 Å². The van der Waals surface area contributed by atoms with E-state index in [2.05, 4.69) is 0 Å². The quantitative estimate of drug-likeness (QED) is 0.596. The molecule has 0 saturated carbocycles. The molecular weight excluding hydrogens is 346 g/mol. The van der Waals surface area contributed by atoms with Crippen LogP contribution >= 0.6 is 11.6 Å². The average molecular weight is 355 g/mol. The van der Waals surface area contributed by atoms with E-state index in [0.29, 0.717) is 6.07 Å². The first-order valence-electron chi connectivity index (χ1n) is 6.17. The van der Waals surface area contributed by atoms with Crippen molar-refractivity contribution in [2.24, 2.45) is 0 Å². The molecule has 0 aliphatic rings. The summed E-state index contributed by atoms with van der Waals surface area (Å²) in [5.41, 5.74) is -3.39. The average Bonchev–Trinajstić information content (AvgIpc) is 2.44. The summed E-state index contributed by atoms with van der Waals surface area (Å²) in [4.78, 5) is 0. The topological polar surface area (TPSA) is 9.23 Å². The second-order valence-electron chi connectivity index (χ2n) is 4.56. The van der Waals surface area contributed by atoms with Gasteiger partial charge in [-0.05, 0) is 11.6 Å². The maximum atomic E-state index is 13.2. The van der Waals surface area contributed by atoms with Crippen LogP contribution < -0.4 is 4.74 Å². The fourth-order valence-corrected chi connectivity index (χ4v) is 2.50. The molecule has 0 N–H and O–H groups in total. The fraction of sp³-hybridized carbons (Fsp3) is 0.200. The zero-order valence-electron chi connectivity index (χ0n) is 11.5. The molecule has 0 aliphatic carbocycles. The highest BCUT2D eigenvalue weighted by atomic mass is 35.5. The Kier molecular flexibility index (Phi) is 4.52. The van der Waals surface area contributed by atoms with E-state index < -0.39 is 34.3 Å². The third-order valence-electron chi connectivity index (χ3n) is 3.09. The van der Waals surface area contributed by atoms with Gasteiger partial charge in [-0.3, -0.25) is 0 Å². The maximum absolute atomic E-state index is 13.2. The first-order valence-corrected chi connectivity index (χ1v) is 6.55. The van der Waals surface area contributed by atoms with E-state index in [0.717, 1.165) is 7.11 Å². The molecule has 0 heterocycles. The van der Waals surface area contributed by atoms with Gasteiger partial charge in [-0.2, -0.15) is 26.3 Å². The van der Waals surface area contributed by atoms with Crippen LogP contribution in [0.4, 0.5) is 26.3 Å².